The number of benzene rings is 1. The number of aromatic hydroxyl groups is 1. The predicted molar refractivity (Wildman–Crippen MR) is 92.1 cm³/mol. The van der Waals surface area contributed by atoms with Crippen LogP contribution < -0.4 is 10.2 Å². The minimum Gasteiger partial charge on any atom is -0.504 e. The summed E-state index contributed by atoms with van der Waals surface area (Å²) in [5, 5.41) is 22.1. The molecule has 1 heterocycles. The minimum absolute atomic E-state index is 0.00437. The van der Waals surface area contributed by atoms with E-state index < -0.39 is 11.7 Å². The summed E-state index contributed by atoms with van der Waals surface area (Å²) >= 11 is 17.7. The second-order valence-electron chi connectivity index (χ2n) is 4.36. The number of aromatic carboxylic acids is 1. The summed E-state index contributed by atoms with van der Waals surface area (Å²) in [6.07, 6.45) is 1.36. The largest absolute Gasteiger partial charge is 0.504 e. The Kier molecular flexibility index (Phi) is 5.71. The van der Waals surface area contributed by atoms with Crippen molar-refractivity contribution in [3.63, 3.8) is 0 Å². The van der Waals surface area contributed by atoms with E-state index >= 15 is 0 Å². The van der Waals surface area contributed by atoms with E-state index in [0.29, 0.717) is 11.3 Å². The summed E-state index contributed by atoms with van der Waals surface area (Å²) in [6, 6.07) is 4.63. The van der Waals surface area contributed by atoms with Crippen LogP contribution >= 0.6 is 34.8 Å². The predicted octanol–water partition coefficient (Wildman–Crippen LogP) is 3.90. The van der Waals surface area contributed by atoms with E-state index in [-0.39, 0.29) is 26.6 Å². The molecule has 1 aromatic heterocycles. The monoisotopic (exact) mass is 389 g/mol. The van der Waals surface area contributed by atoms with Crippen molar-refractivity contribution >= 4 is 52.7 Å². The summed E-state index contributed by atoms with van der Waals surface area (Å²) in [5.41, 5.74) is 2.62. The Morgan fingerprint density at radius 2 is 2.04 bits per heavy atom. The number of ether oxygens (including phenoxy) is 1. The fourth-order valence-electron chi connectivity index (χ4n) is 1.71. The lowest BCUT2D eigenvalue weighted by atomic mass is 10.2. The number of nitrogens with zero attached hydrogens (tertiary/aromatic N) is 2. The zero-order valence-corrected chi connectivity index (χ0v) is 14.3. The van der Waals surface area contributed by atoms with Crippen LogP contribution in [0.25, 0.3) is 0 Å². The third-order valence-corrected chi connectivity index (χ3v) is 3.94. The van der Waals surface area contributed by atoms with Crippen LogP contribution in [-0.2, 0) is 0 Å². The van der Waals surface area contributed by atoms with Gasteiger partial charge in [0.15, 0.2) is 22.3 Å². The first kappa shape index (κ1) is 18.1. The molecule has 0 saturated carbocycles. The van der Waals surface area contributed by atoms with Gasteiger partial charge < -0.3 is 14.9 Å². The minimum atomic E-state index is -1.36. The first-order chi connectivity index (χ1) is 11.3. The summed E-state index contributed by atoms with van der Waals surface area (Å²) in [5.74, 6) is -1.10. The zero-order chi connectivity index (χ0) is 17.9. The number of phenolic OH excluding ortho intramolecular Hbond substituents is 1. The third-order valence-electron chi connectivity index (χ3n) is 2.83. The second kappa shape index (κ2) is 7.57. The third kappa shape index (κ3) is 3.81. The van der Waals surface area contributed by atoms with Crippen molar-refractivity contribution in [2.45, 2.75) is 0 Å². The molecular formula is C14H10Cl3N3O4. The van der Waals surface area contributed by atoms with Crippen molar-refractivity contribution in [1.82, 2.24) is 4.98 Å². The maximum absolute atomic E-state index is 11.1. The van der Waals surface area contributed by atoms with Crippen molar-refractivity contribution in [3.05, 3.63) is 44.7 Å². The van der Waals surface area contributed by atoms with Gasteiger partial charge in [0.05, 0.1) is 19.0 Å². The number of hydrogen-bond donors (Lipinski definition) is 3. The van der Waals surface area contributed by atoms with Gasteiger partial charge in [-0.2, -0.15) is 5.10 Å². The number of hydrazone groups is 1. The number of hydrogen-bond acceptors (Lipinski definition) is 6. The number of aromatic nitrogens is 1. The van der Waals surface area contributed by atoms with Crippen molar-refractivity contribution in [2.24, 2.45) is 5.10 Å². The molecule has 0 spiro atoms. The fourth-order valence-corrected chi connectivity index (χ4v) is 2.38. The highest BCUT2D eigenvalue weighted by Crippen LogP contribution is 2.36. The molecule has 2 rings (SSSR count). The molecule has 3 N–H and O–H groups in total. The van der Waals surface area contributed by atoms with E-state index in [1.54, 1.807) is 12.1 Å². The molecule has 0 fully saturated rings. The van der Waals surface area contributed by atoms with Crippen molar-refractivity contribution < 1.29 is 19.7 Å². The van der Waals surface area contributed by atoms with E-state index in [4.69, 9.17) is 44.6 Å². The molecule has 0 atom stereocenters. The maximum atomic E-state index is 11.1. The molecule has 2 aromatic rings. The lowest BCUT2D eigenvalue weighted by Gasteiger charge is -2.09. The molecule has 0 unspecified atom stereocenters. The van der Waals surface area contributed by atoms with E-state index in [2.05, 4.69) is 15.5 Å². The summed E-state index contributed by atoms with van der Waals surface area (Å²) in [7, 11) is 1.43. The summed E-state index contributed by atoms with van der Waals surface area (Å²) in [6.45, 7) is 0. The summed E-state index contributed by atoms with van der Waals surface area (Å²) in [4.78, 5) is 14.7. The van der Waals surface area contributed by atoms with Crippen LogP contribution in [0.1, 0.15) is 16.1 Å². The highest BCUT2D eigenvalue weighted by atomic mass is 35.5. The van der Waals surface area contributed by atoms with Gasteiger partial charge in [0.25, 0.3) is 0 Å². The lowest BCUT2D eigenvalue weighted by Crippen LogP contribution is -2.05. The van der Waals surface area contributed by atoms with Gasteiger partial charge in [0.1, 0.15) is 10.0 Å². The van der Waals surface area contributed by atoms with Gasteiger partial charge in [-0.25, -0.2) is 9.78 Å². The van der Waals surface area contributed by atoms with Crippen LogP contribution in [0.3, 0.4) is 0 Å². The average Bonchev–Trinajstić information content (AvgIpc) is 2.54. The normalized spacial score (nSPS) is 10.8. The number of carbonyl (C=O) groups is 1. The zero-order valence-electron chi connectivity index (χ0n) is 12.0. The number of halogens is 3. The van der Waals surface area contributed by atoms with E-state index in [1.807, 2.05) is 0 Å². The van der Waals surface area contributed by atoms with Crippen molar-refractivity contribution in [1.29, 1.82) is 0 Å². The van der Waals surface area contributed by atoms with Gasteiger partial charge in [-0.05, 0) is 23.8 Å². The molecule has 0 saturated heterocycles. The molecule has 0 bridgehead atoms. The molecule has 0 radical (unpaired) electrons. The molecule has 10 heteroatoms. The Labute approximate surface area is 151 Å². The molecule has 0 aliphatic carbocycles. The molecule has 0 amide bonds. The molecule has 7 nitrogen and oxygen atoms in total. The second-order valence-corrected chi connectivity index (χ2v) is 5.47. The highest BCUT2D eigenvalue weighted by Gasteiger charge is 2.20. The maximum Gasteiger partial charge on any atom is 0.356 e. The standard InChI is InChI=1S/C14H10Cl3N3O4/c1-24-8-3-2-6(4-7(8)21)5-18-20-11-9(15)12(14(22)23)19-13(17)10(11)16/h2-5,21H,1H3,(H,19,20)(H,22,23)/b18-5-. The lowest BCUT2D eigenvalue weighted by molar-refractivity contribution is 0.0691. The quantitative estimate of drug-likeness (QED) is 0.406. The SMILES string of the molecule is COc1ccc(/C=N\Nc2c(Cl)c(Cl)nc(C(=O)O)c2Cl)cc1O. The Morgan fingerprint density at radius 1 is 1.33 bits per heavy atom. The van der Waals surface area contributed by atoms with Gasteiger partial charge in [-0.15, -0.1) is 0 Å². The smallest absolute Gasteiger partial charge is 0.356 e. The molecule has 1 aromatic carbocycles. The van der Waals surface area contributed by atoms with Gasteiger partial charge >= 0.3 is 5.97 Å². The van der Waals surface area contributed by atoms with Crippen LogP contribution in [0.4, 0.5) is 5.69 Å². The number of pyridine rings is 1. The first-order valence-corrected chi connectivity index (χ1v) is 7.42. The number of nitrogens with one attached hydrogen (secondary N) is 1. The average molecular weight is 391 g/mol. The van der Waals surface area contributed by atoms with Crippen molar-refractivity contribution in [3.8, 4) is 11.5 Å². The fraction of sp³-hybridized carbons (Fsp3) is 0.0714. The Morgan fingerprint density at radius 3 is 2.62 bits per heavy atom. The molecule has 126 valence electrons. The Bertz CT molecular complexity index is 827. The van der Waals surface area contributed by atoms with Crippen LogP contribution in [0.5, 0.6) is 11.5 Å². The highest BCUT2D eigenvalue weighted by molar-refractivity contribution is 6.46. The van der Waals surface area contributed by atoms with Crippen molar-refractivity contribution in [2.75, 3.05) is 12.5 Å². The van der Waals surface area contributed by atoms with E-state index in [9.17, 15) is 9.90 Å². The van der Waals surface area contributed by atoms with Crippen LogP contribution in [-0.4, -0.2) is 34.5 Å². The number of anilines is 1. The van der Waals surface area contributed by atoms with Crippen LogP contribution in [0.15, 0.2) is 23.3 Å². The number of phenols is 1. The topological polar surface area (TPSA) is 104 Å². The van der Waals surface area contributed by atoms with Gasteiger partial charge in [-0.3, -0.25) is 5.43 Å². The number of methoxy groups -OCH3 is 1. The number of carboxylic acids is 1. The van der Waals surface area contributed by atoms with Crippen LogP contribution in [0.2, 0.25) is 15.2 Å². The molecule has 24 heavy (non-hydrogen) atoms. The molecular weight excluding hydrogens is 381 g/mol. The number of rotatable bonds is 5. The van der Waals surface area contributed by atoms with Crippen LogP contribution in [0, 0.1) is 0 Å². The molecule has 0 aliphatic rings. The number of carboxylic acid groups (broad SMARTS) is 1. The summed E-state index contributed by atoms with van der Waals surface area (Å²) < 4.78 is 4.93. The Hall–Kier alpha value is -2.22. The Balaban J connectivity index is 2.29. The molecule has 0 aliphatic heterocycles. The van der Waals surface area contributed by atoms with Gasteiger partial charge in [0, 0.05) is 0 Å². The van der Waals surface area contributed by atoms with E-state index in [1.165, 1.54) is 19.4 Å². The first-order valence-electron chi connectivity index (χ1n) is 6.29. The van der Waals surface area contributed by atoms with Gasteiger partial charge in [-0.1, -0.05) is 34.8 Å². The van der Waals surface area contributed by atoms with Gasteiger partial charge in [0.2, 0.25) is 0 Å². The van der Waals surface area contributed by atoms with E-state index in [0.717, 1.165) is 0 Å².